The Balaban J connectivity index is 1.50. The van der Waals surface area contributed by atoms with E-state index < -0.39 is 0 Å². The van der Waals surface area contributed by atoms with Crippen LogP contribution >= 0.6 is 0 Å². The van der Waals surface area contributed by atoms with Gasteiger partial charge in [-0.1, -0.05) is 57.2 Å². The fourth-order valence-corrected chi connectivity index (χ4v) is 6.06. The van der Waals surface area contributed by atoms with Crippen molar-refractivity contribution in [2.24, 2.45) is 0 Å². The van der Waals surface area contributed by atoms with E-state index in [1.54, 1.807) is 0 Å². The molecule has 0 radical (unpaired) electrons. The van der Waals surface area contributed by atoms with Gasteiger partial charge in [-0.25, -0.2) is 0 Å². The first kappa shape index (κ1) is 19.2. The minimum Gasteiger partial charge on any atom is -0.453 e. The van der Waals surface area contributed by atoms with E-state index in [0.29, 0.717) is 0 Å². The van der Waals surface area contributed by atoms with Crippen LogP contribution in [0.3, 0.4) is 0 Å². The Bertz CT molecular complexity index is 1810. The number of hydrogen-bond donors (Lipinski definition) is 0. The number of hydrogen-bond acceptors (Lipinski definition) is 3. The van der Waals surface area contributed by atoms with Gasteiger partial charge in [0.05, 0.1) is 28.0 Å². The van der Waals surface area contributed by atoms with Gasteiger partial charge in [-0.3, -0.25) is 14.1 Å². The van der Waals surface area contributed by atoms with Crippen LogP contribution in [0.4, 0.5) is 17.1 Å². The molecule has 0 bridgehead atoms. The van der Waals surface area contributed by atoms with Crippen molar-refractivity contribution in [2.75, 3.05) is 4.90 Å². The molecule has 3 aliphatic rings. The van der Waals surface area contributed by atoms with E-state index in [1.165, 1.54) is 0 Å². The van der Waals surface area contributed by atoms with Crippen molar-refractivity contribution in [3.8, 4) is 17.2 Å². The lowest BCUT2D eigenvalue weighted by Crippen LogP contribution is -2.55. The minimum atomic E-state index is -0.209. The van der Waals surface area contributed by atoms with Gasteiger partial charge in [0.15, 0.2) is 11.5 Å². The van der Waals surface area contributed by atoms with Crippen LogP contribution in [0, 0.1) is 0 Å². The van der Waals surface area contributed by atoms with Crippen molar-refractivity contribution >= 4 is 45.7 Å². The van der Waals surface area contributed by atoms with E-state index in [9.17, 15) is 4.79 Å². The SMILES string of the molecule is CC(C)(C)c1ccc2c(c1)c(=O)n1n2-c2ccc3c4c2B1c1ccccc1N4c1ccccc1O3. The molecule has 8 rings (SSSR count). The monoisotopic (exact) mass is 455 g/mol. The number of fused-ring (bicyclic) bond motifs is 10. The number of aromatic nitrogens is 2. The van der Waals surface area contributed by atoms with Crippen molar-refractivity contribution in [1.29, 1.82) is 0 Å². The van der Waals surface area contributed by atoms with Crippen LogP contribution in [0.25, 0.3) is 16.6 Å². The molecule has 0 amide bonds. The number of para-hydroxylation sites is 3. The molecule has 0 saturated heterocycles. The smallest absolute Gasteiger partial charge is 0.357 e. The molecule has 4 aromatic carbocycles. The first-order chi connectivity index (χ1) is 16.9. The highest BCUT2D eigenvalue weighted by Crippen LogP contribution is 2.52. The Kier molecular flexibility index (Phi) is 3.33. The van der Waals surface area contributed by atoms with Crippen molar-refractivity contribution in [1.82, 2.24) is 9.27 Å². The highest BCUT2D eigenvalue weighted by molar-refractivity contribution is 6.88. The summed E-state index contributed by atoms with van der Waals surface area (Å²) in [5.41, 5.74) is 8.52. The van der Waals surface area contributed by atoms with Gasteiger partial charge >= 0.3 is 6.85 Å². The Hall–Kier alpha value is -4.19. The summed E-state index contributed by atoms with van der Waals surface area (Å²) in [5, 5.41) is 0.766. The summed E-state index contributed by atoms with van der Waals surface area (Å²) >= 11 is 0. The lowest BCUT2D eigenvalue weighted by molar-refractivity contribution is 0.477. The van der Waals surface area contributed by atoms with Crippen molar-refractivity contribution < 1.29 is 4.74 Å². The Morgan fingerprint density at radius 2 is 1.57 bits per heavy atom. The Morgan fingerprint density at radius 1 is 0.800 bits per heavy atom. The molecule has 4 heterocycles. The molecule has 3 aliphatic heterocycles. The van der Waals surface area contributed by atoms with E-state index in [1.807, 2.05) is 28.9 Å². The van der Waals surface area contributed by atoms with Gasteiger partial charge in [-0.2, -0.15) is 0 Å². The molecule has 5 aromatic rings. The second kappa shape index (κ2) is 6.08. The van der Waals surface area contributed by atoms with Crippen LogP contribution in [0.2, 0.25) is 0 Å². The van der Waals surface area contributed by atoms with Gasteiger partial charge in [0.2, 0.25) is 0 Å². The summed E-state index contributed by atoms with van der Waals surface area (Å²) in [6, 6.07) is 27.0. The molecule has 1 aromatic heterocycles. The fraction of sp³-hybridized carbons (Fsp3) is 0.138. The second-order valence-electron chi connectivity index (χ2n) is 10.7. The molecular formula is C29H22BN3O2. The summed E-state index contributed by atoms with van der Waals surface area (Å²) in [5.74, 6) is 1.66. The highest BCUT2D eigenvalue weighted by atomic mass is 16.5. The summed E-state index contributed by atoms with van der Waals surface area (Å²) < 4.78 is 10.4. The molecule has 0 fully saturated rings. The number of anilines is 3. The lowest BCUT2D eigenvalue weighted by Gasteiger charge is -2.39. The van der Waals surface area contributed by atoms with Crippen LogP contribution in [0.1, 0.15) is 26.3 Å². The van der Waals surface area contributed by atoms with Gasteiger partial charge in [0.1, 0.15) is 0 Å². The molecule has 0 atom stereocenters. The third-order valence-electron chi connectivity index (χ3n) is 7.67. The van der Waals surface area contributed by atoms with E-state index in [-0.39, 0.29) is 17.8 Å². The zero-order valence-corrected chi connectivity index (χ0v) is 19.7. The van der Waals surface area contributed by atoms with Gasteiger partial charge in [0, 0.05) is 11.2 Å². The van der Waals surface area contributed by atoms with Gasteiger partial charge in [-0.15, -0.1) is 0 Å². The highest BCUT2D eigenvalue weighted by Gasteiger charge is 2.48. The lowest BCUT2D eigenvalue weighted by atomic mass is 9.48. The van der Waals surface area contributed by atoms with Gasteiger partial charge in [-0.05, 0) is 58.9 Å². The van der Waals surface area contributed by atoms with Crippen molar-refractivity contribution in [3.63, 3.8) is 0 Å². The second-order valence-corrected chi connectivity index (χ2v) is 10.7. The molecule has 0 saturated carbocycles. The molecular weight excluding hydrogens is 433 g/mol. The first-order valence-electron chi connectivity index (χ1n) is 12.0. The molecule has 0 N–H and O–H groups in total. The van der Waals surface area contributed by atoms with Crippen LogP contribution in [-0.2, 0) is 5.41 Å². The normalized spacial score (nSPS) is 14.4. The zero-order chi connectivity index (χ0) is 23.6. The molecule has 0 aliphatic carbocycles. The van der Waals surface area contributed by atoms with Gasteiger partial charge < -0.3 is 9.64 Å². The molecule has 0 unspecified atom stereocenters. The van der Waals surface area contributed by atoms with Crippen molar-refractivity contribution in [2.45, 2.75) is 26.2 Å². The molecule has 35 heavy (non-hydrogen) atoms. The molecule has 5 nitrogen and oxygen atoms in total. The quantitative estimate of drug-likeness (QED) is 0.304. The predicted molar refractivity (Wildman–Crippen MR) is 141 cm³/mol. The van der Waals surface area contributed by atoms with Gasteiger partial charge in [0.25, 0.3) is 5.56 Å². The number of ether oxygens (including phenoxy) is 1. The fourth-order valence-electron chi connectivity index (χ4n) is 6.06. The predicted octanol–water partition coefficient (Wildman–Crippen LogP) is 4.95. The average Bonchev–Trinajstić information content (AvgIpc) is 3.35. The van der Waals surface area contributed by atoms with E-state index in [2.05, 4.69) is 85.0 Å². The maximum atomic E-state index is 14.0. The largest absolute Gasteiger partial charge is 0.453 e. The standard InChI is InChI=1S/C29H22BN3O2/c1-29(2,3)17-12-13-20-18(16-17)28(34)33-30-19-8-4-5-9-21(19)31-22-10-6-7-11-24(22)35-25-15-14-23(32(20)33)26(30)27(25)31/h4-16H,1-3H3. The Morgan fingerprint density at radius 3 is 2.40 bits per heavy atom. The summed E-state index contributed by atoms with van der Waals surface area (Å²) in [6.07, 6.45) is 0. The number of nitrogens with zero attached hydrogens (tertiary/aromatic N) is 3. The van der Waals surface area contributed by atoms with Crippen molar-refractivity contribution in [3.05, 3.63) is 94.8 Å². The molecule has 0 spiro atoms. The molecule has 6 heteroatoms. The summed E-state index contributed by atoms with van der Waals surface area (Å²) in [4.78, 5) is 16.3. The summed E-state index contributed by atoms with van der Waals surface area (Å²) in [6.45, 7) is 6.34. The first-order valence-corrected chi connectivity index (χ1v) is 12.0. The third kappa shape index (κ3) is 2.23. The third-order valence-corrected chi connectivity index (χ3v) is 7.67. The summed E-state index contributed by atoms with van der Waals surface area (Å²) in [7, 11) is 0. The van der Waals surface area contributed by atoms with Crippen LogP contribution < -0.4 is 26.1 Å². The number of benzene rings is 4. The zero-order valence-electron chi connectivity index (χ0n) is 19.7. The van der Waals surface area contributed by atoms with E-state index >= 15 is 0 Å². The van der Waals surface area contributed by atoms with E-state index in [0.717, 1.165) is 61.6 Å². The number of rotatable bonds is 0. The van der Waals surface area contributed by atoms with Crippen LogP contribution in [0.5, 0.6) is 11.5 Å². The Labute approximate surface area is 202 Å². The maximum Gasteiger partial charge on any atom is 0.357 e. The maximum absolute atomic E-state index is 14.0. The average molecular weight is 455 g/mol. The van der Waals surface area contributed by atoms with Crippen LogP contribution in [-0.4, -0.2) is 16.1 Å². The topological polar surface area (TPSA) is 39.4 Å². The molecule has 168 valence electrons. The van der Waals surface area contributed by atoms with E-state index in [4.69, 9.17) is 4.74 Å². The van der Waals surface area contributed by atoms with Crippen LogP contribution in [0.15, 0.2) is 83.7 Å². The minimum absolute atomic E-state index is 0.0304.